The van der Waals surface area contributed by atoms with Crippen LogP contribution in [0.2, 0.25) is 0 Å². The molecule has 0 unspecified atom stereocenters. The Kier molecular flexibility index (Phi) is 6.40. The van der Waals surface area contributed by atoms with Crippen molar-refractivity contribution in [1.29, 1.82) is 0 Å². The van der Waals surface area contributed by atoms with Gasteiger partial charge in [-0.05, 0) is 49.2 Å². The van der Waals surface area contributed by atoms with E-state index in [1.807, 2.05) is 35.2 Å². The Labute approximate surface area is 199 Å². The molecule has 0 aliphatic carbocycles. The number of carbonyl (C=O) groups excluding carboxylic acids is 1. The van der Waals surface area contributed by atoms with Crippen LogP contribution in [0.5, 0.6) is 0 Å². The second-order valence-electron chi connectivity index (χ2n) is 9.23. The Morgan fingerprint density at radius 2 is 1.97 bits per heavy atom. The van der Waals surface area contributed by atoms with Gasteiger partial charge in [-0.3, -0.25) is 14.7 Å². The van der Waals surface area contributed by atoms with Crippen LogP contribution in [0.1, 0.15) is 36.4 Å². The van der Waals surface area contributed by atoms with Crippen molar-refractivity contribution in [2.75, 3.05) is 32.7 Å². The maximum absolute atomic E-state index is 13.7. The Bertz CT molecular complexity index is 1240. The minimum Gasteiger partial charge on any atom is -0.467 e. The summed E-state index contributed by atoms with van der Waals surface area (Å²) in [7, 11) is 0. The van der Waals surface area contributed by atoms with Crippen molar-refractivity contribution >= 4 is 16.9 Å². The maximum atomic E-state index is 13.7. The van der Waals surface area contributed by atoms with E-state index in [2.05, 4.69) is 28.8 Å². The number of hydrogen-bond donors (Lipinski definition) is 0. The molecule has 0 spiro atoms. The van der Waals surface area contributed by atoms with Crippen LogP contribution in [0.15, 0.2) is 59.6 Å². The highest BCUT2D eigenvalue weighted by Crippen LogP contribution is 2.26. The van der Waals surface area contributed by atoms with Crippen LogP contribution in [0.3, 0.4) is 0 Å². The van der Waals surface area contributed by atoms with Crippen LogP contribution < -0.4 is 0 Å². The first-order valence-corrected chi connectivity index (χ1v) is 11.9. The number of furan rings is 1. The first-order chi connectivity index (χ1) is 16.6. The third-order valence-corrected chi connectivity index (χ3v) is 6.36. The summed E-state index contributed by atoms with van der Waals surface area (Å²) in [6.45, 7) is 9.29. The molecule has 8 heteroatoms. The number of hydrogen-bond acceptors (Lipinski definition) is 6. The first kappa shape index (κ1) is 22.3. The zero-order valence-electron chi connectivity index (χ0n) is 19.7. The van der Waals surface area contributed by atoms with Crippen molar-refractivity contribution in [2.45, 2.75) is 26.8 Å². The lowest BCUT2D eigenvalue weighted by atomic mass is 10.1. The number of fused-ring (bicyclic) bond motifs is 1. The van der Waals surface area contributed by atoms with E-state index in [-0.39, 0.29) is 5.91 Å². The second kappa shape index (κ2) is 9.77. The van der Waals surface area contributed by atoms with Crippen LogP contribution in [-0.2, 0) is 6.54 Å². The molecule has 5 rings (SSSR count). The molecule has 4 aromatic rings. The fourth-order valence-corrected chi connectivity index (χ4v) is 4.34. The van der Waals surface area contributed by atoms with Gasteiger partial charge < -0.3 is 9.32 Å². The Morgan fingerprint density at radius 3 is 2.68 bits per heavy atom. The summed E-state index contributed by atoms with van der Waals surface area (Å²) in [5, 5.41) is 5.30. The average molecular weight is 459 g/mol. The lowest BCUT2D eigenvalue weighted by Gasteiger charge is -2.35. The molecule has 1 aliphatic heterocycles. The van der Waals surface area contributed by atoms with Gasteiger partial charge in [0.1, 0.15) is 12.3 Å². The largest absolute Gasteiger partial charge is 0.467 e. The van der Waals surface area contributed by atoms with Crippen molar-refractivity contribution < 1.29 is 9.21 Å². The monoisotopic (exact) mass is 458 g/mol. The summed E-state index contributed by atoms with van der Waals surface area (Å²) in [6.07, 6.45) is 8.06. The molecule has 8 nitrogen and oxygen atoms in total. The first-order valence-electron chi connectivity index (χ1n) is 11.9. The van der Waals surface area contributed by atoms with Crippen molar-refractivity contribution in [3.8, 4) is 11.3 Å². The van der Waals surface area contributed by atoms with Crippen LogP contribution >= 0.6 is 0 Å². The summed E-state index contributed by atoms with van der Waals surface area (Å²) >= 11 is 0. The molecule has 0 aromatic carbocycles. The number of amides is 1. The predicted octanol–water partition coefficient (Wildman–Crippen LogP) is 3.94. The lowest BCUT2D eigenvalue weighted by molar-refractivity contribution is 0.0633. The van der Waals surface area contributed by atoms with Gasteiger partial charge in [0.05, 0.1) is 29.1 Å². The Balaban J connectivity index is 1.46. The molecule has 5 heterocycles. The number of rotatable bonds is 7. The van der Waals surface area contributed by atoms with Gasteiger partial charge in [-0.1, -0.05) is 13.8 Å². The van der Waals surface area contributed by atoms with Crippen LogP contribution in [-0.4, -0.2) is 68.2 Å². The van der Waals surface area contributed by atoms with Crippen LogP contribution in [0, 0.1) is 5.92 Å². The summed E-state index contributed by atoms with van der Waals surface area (Å²) in [4.78, 5) is 27.2. The normalized spacial score (nSPS) is 14.9. The Hall–Kier alpha value is -3.52. The minimum absolute atomic E-state index is 0.0265. The van der Waals surface area contributed by atoms with Gasteiger partial charge in [-0.15, -0.1) is 0 Å². The predicted molar refractivity (Wildman–Crippen MR) is 130 cm³/mol. The molecule has 1 fully saturated rings. The lowest BCUT2D eigenvalue weighted by Crippen LogP contribution is -2.49. The average Bonchev–Trinajstić information content (AvgIpc) is 3.53. The molecule has 0 N–H and O–H groups in total. The van der Waals surface area contributed by atoms with Crippen LogP contribution in [0.4, 0.5) is 0 Å². The molecule has 0 bridgehead atoms. The number of pyridine rings is 2. The van der Waals surface area contributed by atoms with Crippen molar-refractivity contribution in [3.63, 3.8) is 0 Å². The van der Waals surface area contributed by atoms with Gasteiger partial charge in [0.25, 0.3) is 5.91 Å². The SMILES string of the molecule is CC(C)CCN1CCN(C(=O)c2cc(-c3cccnc3)nc3c2cnn3Cc2ccco2)CC1. The van der Waals surface area contributed by atoms with Gasteiger partial charge in [-0.25, -0.2) is 9.67 Å². The highest BCUT2D eigenvalue weighted by atomic mass is 16.3. The molecular weight excluding hydrogens is 428 g/mol. The maximum Gasteiger partial charge on any atom is 0.254 e. The van der Waals surface area contributed by atoms with Gasteiger partial charge in [0.15, 0.2) is 5.65 Å². The molecule has 34 heavy (non-hydrogen) atoms. The summed E-state index contributed by atoms with van der Waals surface area (Å²) in [5.74, 6) is 1.50. The second-order valence-corrected chi connectivity index (χ2v) is 9.23. The molecule has 1 aliphatic rings. The molecule has 176 valence electrons. The van der Waals surface area contributed by atoms with E-state index < -0.39 is 0 Å². The molecular formula is C26H30N6O2. The van der Waals surface area contributed by atoms with E-state index in [1.54, 1.807) is 29.5 Å². The fourth-order valence-electron chi connectivity index (χ4n) is 4.34. The van der Waals surface area contributed by atoms with E-state index in [4.69, 9.17) is 9.40 Å². The van der Waals surface area contributed by atoms with E-state index in [1.165, 1.54) is 6.42 Å². The van der Waals surface area contributed by atoms with Crippen molar-refractivity contribution in [3.05, 3.63) is 66.5 Å². The third-order valence-electron chi connectivity index (χ3n) is 6.36. The van der Waals surface area contributed by atoms with E-state index >= 15 is 0 Å². The zero-order valence-corrected chi connectivity index (χ0v) is 19.7. The zero-order chi connectivity index (χ0) is 23.5. The summed E-state index contributed by atoms with van der Waals surface area (Å²) < 4.78 is 7.30. The molecule has 1 saturated heterocycles. The van der Waals surface area contributed by atoms with Crippen LogP contribution in [0.25, 0.3) is 22.3 Å². The van der Waals surface area contributed by atoms with Crippen molar-refractivity contribution in [2.24, 2.45) is 5.92 Å². The van der Waals surface area contributed by atoms with Gasteiger partial charge in [0.2, 0.25) is 0 Å². The van der Waals surface area contributed by atoms with Gasteiger partial charge in [-0.2, -0.15) is 5.10 Å². The molecule has 0 saturated carbocycles. The molecule has 1 amide bonds. The van der Waals surface area contributed by atoms with Gasteiger partial charge >= 0.3 is 0 Å². The highest BCUT2D eigenvalue weighted by Gasteiger charge is 2.25. The van der Waals surface area contributed by atoms with E-state index in [0.29, 0.717) is 29.4 Å². The topological polar surface area (TPSA) is 80.3 Å². The number of nitrogens with zero attached hydrogens (tertiary/aromatic N) is 6. The summed E-state index contributed by atoms with van der Waals surface area (Å²) in [6, 6.07) is 9.47. The minimum atomic E-state index is 0.0265. The van der Waals surface area contributed by atoms with E-state index in [0.717, 1.165) is 49.4 Å². The quantitative estimate of drug-likeness (QED) is 0.417. The number of carbonyl (C=O) groups is 1. The smallest absolute Gasteiger partial charge is 0.254 e. The van der Waals surface area contributed by atoms with E-state index in [9.17, 15) is 4.79 Å². The Morgan fingerprint density at radius 1 is 1.12 bits per heavy atom. The number of piperazine rings is 1. The highest BCUT2D eigenvalue weighted by molar-refractivity contribution is 6.06. The molecule has 4 aromatic heterocycles. The fraction of sp³-hybridized carbons (Fsp3) is 0.385. The standard InChI is InChI=1S/C26H30N6O2/c1-19(2)7-9-30-10-12-31(13-11-30)26(33)22-15-24(20-5-3-8-27-16-20)29-25-23(22)17-28-32(25)18-21-6-4-14-34-21/h3-6,8,14-17,19H,7,9-13,18H2,1-2H3. The molecule has 0 atom stereocenters. The number of aromatic nitrogens is 4. The molecule has 0 radical (unpaired) electrons. The third kappa shape index (κ3) is 4.72. The van der Waals surface area contributed by atoms with Crippen molar-refractivity contribution in [1.82, 2.24) is 29.5 Å². The summed E-state index contributed by atoms with van der Waals surface area (Å²) in [5.41, 5.74) is 2.87. The van der Waals surface area contributed by atoms with Gasteiger partial charge in [0, 0.05) is 44.1 Å².